The van der Waals surface area contributed by atoms with Crippen molar-refractivity contribution in [2.45, 2.75) is 43.5 Å². The third-order valence-electron chi connectivity index (χ3n) is 3.54. The first-order valence-corrected chi connectivity index (χ1v) is 8.35. The van der Waals surface area contributed by atoms with Gasteiger partial charge in [-0.25, -0.2) is 8.42 Å². The number of halogens is 2. The summed E-state index contributed by atoms with van der Waals surface area (Å²) in [5.41, 5.74) is 0.173. The van der Waals surface area contributed by atoms with E-state index in [4.69, 9.17) is 23.2 Å². The third-order valence-corrected chi connectivity index (χ3v) is 6.26. The van der Waals surface area contributed by atoms with E-state index in [-0.39, 0.29) is 10.8 Å². The van der Waals surface area contributed by atoms with Gasteiger partial charge in [-0.2, -0.15) is 4.31 Å². The summed E-state index contributed by atoms with van der Waals surface area (Å²) in [6.07, 6.45) is 0.721. The second-order valence-electron chi connectivity index (χ2n) is 5.03. The molecule has 0 aliphatic rings. The first kappa shape index (κ1) is 16.8. The van der Waals surface area contributed by atoms with Crippen molar-refractivity contribution in [2.24, 2.45) is 0 Å². The molecule has 0 unspecified atom stereocenters. The fourth-order valence-corrected chi connectivity index (χ4v) is 3.62. The lowest BCUT2D eigenvalue weighted by Crippen LogP contribution is -2.44. The summed E-state index contributed by atoms with van der Waals surface area (Å²) in [6.45, 7) is 5.74. The van der Waals surface area contributed by atoms with Crippen molar-refractivity contribution < 1.29 is 8.42 Å². The van der Waals surface area contributed by atoms with E-state index < -0.39 is 15.6 Å². The Morgan fingerprint density at radius 1 is 1.32 bits per heavy atom. The highest BCUT2D eigenvalue weighted by Gasteiger charge is 2.32. The molecule has 0 heterocycles. The lowest BCUT2D eigenvalue weighted by Gasteiger charge is -2.33. The predicted octanol–water partition coefficient (Wildman–Crippen LogP) is 3.89. The minimum Gasteiger partial charge on any atom is -0.207 e. The Bertz CT molecular complexity index is 556. The van der Waals surface area contributed by atoms with Gasteiger partial charge in [0.05, 0.1) is 4.90 Å². The van der Waals surface area contributed by atoms with Gasteiger partial charge in [-0.1, -0.05) is 18.5 Å². The van der Waals surface area contributed by atoms with Gasteiger partial charge in [0.25, 0.3) is 0 Å². The van der Waals surface area contributed by atoms with Gasteiger partial charge in [0.2, 0.25) is 10.0 Å². The number of nitrogens with zero attached hydrogens (tertiary/aromatic N) is 1. The molecule has 0 aliphatic heterocycles. The molecule has 0 atom stereocenters. The average molecular weight is 324 g/mol. The summed E-state index contributed by atoms with van der Waals surface area (Å²) in [7, 11) is -1.95. The van der Waals surface area contributed by atoms with Crippen LogP contribution in [0.4, 0.5) is 0 Å². The Kier molecular flexibility index (Phi) is 5.29. The first-order valence-electron chi connectivity index (χ1n) is 6.00. The molecular formula is C13H19Cl2NO2S. The van der Waals surface area contributed by atoms with Crippen molar-refractivity contribution in [3.63, 3.8) is 0 Å². The van der Waals surface area contributed by atoms with E-state index in [0.29, 0.717) is 10.6 Å². The summed E-state index contributed by atoms with van der Waals surface area (Å²) in [6, 6.07) is 4.61. The van der Waals surface area contributed by atoms with Crippen molar-refractivity contribution in [3.8, 4) is 0 Å². The lowest BCUT2D eigenvalue weighted by atomic mass is 10.0. The summed E-state index contributed by atoms with van der Waals surface area (Å²) in [5.74, 6) is 0.184. The van der Waals surface area contributed by atoms with Crippen LogP contribution in [0.25, 0.3) is 0 Å². The van der Waals surface area contributed by atoms with Crippen LogP contribution in [0.15, 0.2) is 23.1 Å². The van der Waals surface area contributed by atoms with Crippen LogP contribution in [0.3, 0.4) is 0 Å². The van der Waals surface area contributed by atoms with Gasteiger partial charge in [0.1, 0.15) is 0 Å². The first-order chi connectivity index (χ1) is 8.66. The monoisotopic (exact) mass is 323 g/mol. The average Bonchev–Trinajstić information content (AvgIpc) is 2.38. The topological polar surface area (TPSA) is 37.4 Å². The van der Waals surface area contributed by atoms with Gasteiger partial charge in [-0.05, 0) is 44.0 Å². The van der Waals surface area contributed by atoms with Gasteiger partial charge in [0.15, 0.2) is 0 Å². The zero-order valence-electron chi connectivity index (χ0n) is 11.6. The van der Waals surface area contributed by atoms with Crippen LogP contribution in [0.1, 0.15) is 32.8 Å². The molecule has 1 aromatic rings. The summed E-state index contributed by atoms with van der Waals surface area (Å²) in [4.78, 5) is 0.219. The summed E-state index contributed by atoms with van der Waals surface area (Å²) < 4.78 is 26.5. The Hall–Kier alpha value is -0.290. The SMILES string of the molecule is CCC(C)(C)N(C)S(=O)(=O)c1ccc(Cl)c(CCl)c1. The fraction of sp³-hybridized carbons (Fsp3) is 0.538. The molecule has 1 aromatic carbocycles. The number of sulfonamides is 1. The molecule has 3 nitrogen and oxygen atoms in total. The van der Waals surface area contributed by atoms with Gasteiger partial charge in [0, 0.05) is 23.5 Å². The molecule has 0 radical (unpaired) electrons. The quantitative estimate of drug-likeness (QED) is 0.771. The largest absolute Gasteiger partial charge is 0.243 e. The molecule has 0 saturated carbocycles. The molecule has 1 rings (SSSR count). The minimum atomic E-state index is -3.54. The van der Waals surface area contributed by atoms with Crippen LogP contribution in [0.5, 0.6) is 0 Å². The molecule has 0 aromatic heterocycles. The molecule has 0 fully saturated rings. The highest BCUT2D eigenvalue weighted by atomic mass is 35.5. The second-order valence-corrected chi connectivity index (χ2v) is 7.67. The molecule has 6 heteroatoms. The molecular weight excluding hydrogens is 305 g/mol. The maximum atomic E-state index is 12.6. The normalized spacial score (nSPS) is 13.0. The van der Waals surface area contributed by atoms with Crippen LogP contribution < -0.4 is 0 Å². The second kappa shape index (κ2) is 6.00. The van der Waals surface area contributed by atoms with Gasteiger partial charge in [-0.15, -0.1) is 11.6 Å². The maximum Gasteiger partial charge on any atom is 0.243 e. The molecule has 0 N–H and O–H groups in total. The number of benzene rings is 1. The smallest absolute Gasteiger partial charge is 0.207 e. The van der Waals surface area contributed by atoms with Gasteiger partial charge >= 0.3 is 0 Å². The van der Waals surface area contributed by atoms with Crippen LogP contribution >= 0.6 is 23.2 Å². The van der Waals surface area contributed by atoms with Crippen LogP contribution in [0.2, 0.25) is 5.02 Å². The maximum absolute atomic E-state index is 12.6. The Morgan fingerprint density at radius 2 is 1.89 bits per heavy atom. The number of rotatable bonds is 5. The molecule has 0 spiro atoms. The van der Waals surface area contributed by atoms with Gasteiger partial charge < -0.3 is 0 Å². The van der Waals surface area contributed by atoms with Crippen LogP contribution in [0, 0.1) is 0 Å². The highest BCUT2D eigenvalue weighted by Crippen LogP contribution is 2.28. The summed E-state index contributed by atoms with van der Waals surface area (Å²) >= 11 is 11.7. The molecule has 0 bridgehead atoms. The van der Waals surface area contributed by atoms with E-state index in [1.54, 1.807) is 13.1 Å². The van der Waals surface area contributed by atoms with Gasteiger partial charge in [-0.3, -0.25) is 0 Å². The van der Waals surface area contributed by atoms with E-state index in [0.717, 1.165) is 6.42 Å². The zero-order valence-corrected chi connectivity index (χ0v) is 13.9. The van der Waals surface area contributed by atoms with Crippen molar-refractivity contribution in [2.75, 3.05) is 7.05 Å². The highest BCUT2D eigenvalue weighted by molar-refractivity contribution is 7.89. The van der Waals surface area contributed by atoms with E-state index >= 15 is 0 Å². The summed E-state index contributed by atoms with van der Waals surface area (Å²) in [5, 5.41) is 0.478. The molecule has 0 amide bonds. The lowest BCUT2D eigenvalue weighted by molar-refractivity contribution is 0.257. The van der Waals surface area contributed by atoms with Crippen molar-refractivity contribution in [3.05, 3.63) is 28.8 Å². The van der Waals surface area contributed by atoms with E-state index in [1.807, 2.05) is 20.8 Å². The predicted molar refractivity (Wildman–Crippen MR) is 80.3 cm³/mol. The fourth-order valence-electron chi connectivity index (χ4n) is 1.52. The van der Waals surface area contributed by atoms with Crippen molar-refractivity contribution in [1.82, 2.24) is 4.31 Å². The van der Waals surface area contributed by atoms with Crippen molar-refractivity contribution >= 4 is 33.2 Å². The van der Waals surface area contributed by atoms with E-state index in [2.05, 4.69) is 0 Å². The minimum absolute atomic E-state index is 0.184. The zero-order chi connectivity index (χ0) is 14.8. The number of hydrogen-bond acceptors (Lipinski definition) is 2. The number of hydrogen-bond donors (Lipinski definition) is 0. The van der Waals surface area contributed by atoms with E-state index in [9.17, 15) is 8.42 Å². The molecule has 0 saturated heterocycles. The molecule has 0 aliphatic carbocycles. The Morgan fingerprint density at radius 3 is 2.37 bits per heavy atom. The van der Waals surface area contributed by atoms with E-state index in [1.165, 1.54) is 16.4 Å². The van der Waals surface area contributed by atoms with Crippen molar-refractivity contribution in [1.29, 1.82) is 0 Å². The Balaban J connectivity index is 3.28. The molecule has 19 heavy (non-hydrogen) atoms. The van der Waals surface area contributed by atoms with Crippen LogP contribution in [-0.4, -0.2) is 25.3 Å². The molecule has 108 valence electrons. The third kappa shape index (κ3) is 3.43. The van der Waals surface area contributed by atoms with Crippen LogP contribution in [-0.2, 0) is 15.9 Å². The Labute approximate surface area is 125 Å². The number of alkyl halides is 1. The standard InChI is InChI=1S/C13H19Cl2NO2S/c1-5-13(2,3)16(4)19(17,18)11-6-7-12(15)10(8-11)9-14/h6-8H,5,9H2,1-4H3.